The minimum Gasteiger partial charge on any atom is -0.475 e. The molecular formula is C16H20F3N3O4. The Morgan fingerprint density at radius 3 is 2.73 bits per heavy atom. The SMILES string of the molecule is COCC1CN(Cc2ccoc2)Cc2nn(C)cc21.O=C(O)C(F)(F)F. The number of furan rings is 1. The van der Waals surface area contributed by atoms with Crippen molar-refractivity contribution in [1.82, 2.24) is 14.7 Å². The fraction of sp³-hybridized carbons (Fsp3) is 0.500. The first kappa shape index (κ1) is 20.0. The largest absolute Gasteiger partial charge is 0.490 e. The highest BCUT2D eigenvalue weighted by molar-refractivity contribution is 5.73. The Kier molecular flexibility index (Phi) is 6.43. The molecule has 2 aromatic heterocycles. The Bertz CT molecular complexity index is 713. The van der Waals surface area contributed by atoms with Crippen LogP contribution in [0.4, 0.5) is 13.2 Å². The van der Waals surface area contributed by atoms with Gasteiger partial charge in [-0.05, 0) is 6.07 Å². The predicted molar refractivity (Wildman–Crippen MR) is 84.3 cm³/mol. The average Bonchev–Trinajstić information content (AvgIpc) is 3.16. The Balaban J connectivity index is 0.000000298. The number of rotatable bonds is 4. The molecule has 10 heteroatoms. The normalized spacial score (nSPS) is 17.3. The number of carboxylic acid groups (broad SMARTS) is 1. The molecule has 1 N–H and O–H groups in total. The van der Waals surface area contributed by atoms with E-state index in [1.54, 1.807) is 19.6 Å². The van der Waals surface area contributed by atoms with Crippen molar-refractivity contribution in [3.05, 3.63) is 41.6 Å². The molecule has 1 unspecified atom stereocenters. The molecule has 0 bridgehead atoms. The number of aliphatic carboxylic acids is 1. The summed E-state index contributed by atoms with van der Waals surface area (Å²) in [5.74, 6) is -2.36. The monoisotopic (exact) mass is 375 g/mol. The van der Waals surface area contributed by atoms with Gasteiger partial charge in [-0.15, -0.1) is 0 Å². The third-order valence-electron chi connectivity index (χ3n) is 3.83. The number of halogens is 3. The van der Waals surface area contributed by atoms with Crippen LogP contribution in [0.5, 0.6) is 0 Å². The van der Waals surface area contributed by atoms with Crippen LogP contribution in [0, 0.1) is 0 Å². The minimum absolute atomic E-state index is 0.398. The van der Waals surface area contributed by atoms with Crippen LogP contribution in [0.3, 0.4) is 0 Å². The van der Waals surface area contributed by atoms with Gasteiger partial charge in [0.05, 0.1) is 24.8 Å². The highest BCUT2D eigenvalue weighted by Gasteiger charge is 2.38. The number of hydrogen-bond acceptors (Lipinski definition) is 5. The van der Waals surface area contributed by atoms with Crippen molar-refractivity contribution in [2.75, 3.05) is 20.3 Å². The van der Waals surface area contributed by atoms with E-state index in [0.717, 1.165) is 26.2 Å². The number of ether oxygens (including phenoxy) is 1. The van der Waals surface area contributed by atoms with E-state index in [1.165, 1.54) is 16.8 Å². The molecule has 144 valence electrons. The molecule has 0 aromatic carbocycles. The molecule has 7 nitrogen and oxygen atoms in total. The van der Waals surface area contributed by atoms with Gasteiger partial charge in [0, 0.05) is 57.0 Å². The second-order valence-electron chi connectivity index (χ2n) is 5.96. The maximum atomic E-state index is 10.6. The summed E-state index contributed by atoms with van der Waals surface area (Å²) in [6.07, 6.45) is 0.561. The molecule has 0 saturated carbocycles. The van der Waals surface area contributed by atoms with E-state index in [9.17, 15) is 13.2 Å². The van der Waals surface area contributed by atoms with Crippen molar-refractivity contribution in [1.29, 1.82) is 0 Å². The molecule has 1 aliphatic rings. The van der Waals surface area contributed by atoms with Crippen LogP contribution in [-0.4, -0.2) is 52.2 Å². The molecular weight excluding hydrogens is 355 g/mol. The molecule has 0 spiro atoms. The summed E-state index contributed by atoms with van der Waals surface area (Å²) >= 11 is 0. The summed E-state index contributed by atoms with van der Waals surface area (Å²) < 4.78 is 44.1. The second-order valence-corrected chi connectivity index (χ2v) is 5.96. The summed E-state index contributed by atoms with van der Waals surface area (Å²) in [5.41, 5.74) is 3.70. The molecule has 2 aromatic rings. The van der Waals surface area contributed by atoms with Crippen LogP contribution in [-0.2, 0) is 29.7 Å². The summed E-state index contributed by atoms with van der Waals surface area (Å²) in [5, 5.41) is 11.7. The molecule has 1 aliphatic heterocycles. The molecule has 1 atom stereocenters. The van der Waals surface area contributed by atoms with E-state index >= 15 is 0 Å². The standard InChI is InChI=1S/C14H19N3O2.C2HF3O2/c1-16-7-13-12(10-18-2)6-17(8-14(13)15-16)5-11-3-4-19-9-11;3-2(4,5)1(6)7/h3-4,7,9,12H,5-6,8,10H2,1-2H3;(H,6,7). The number of alkyl halides is 3. The summed E-state index contributed by atoms with van der Waals surface area (Å²) in [7, 11) is 3.73. The number of nitrogens with zero attached hydrogens (tertiary/aromatic N) is 3. The highest BCUT2D eigenvalue weighted by Crippen LogP contribution is 2.28. The van der Waals surface area contributed by atoms with E-state index in [2.05, 4.69) is 16.2 Å². The fourth-order valence-corrected chi connectivity index (χ4v) is 2.81. The zero-order valence-corrected chi connectivity index (χ0v) is 14.4. The second kappa shape index (κ2) is 8.37. The first-order chi connectivity index (χ1) is 12.2. The van der Waals surface area contributed by atoms with Gasteiger partial charge in [0.2, 0.25) is 0 Å². The molecule has 0 radical (unpaired) electrons. The molecule has 0 aliphatic carbocycles. The zero-order valence-electron chi connectivity index (χ0n) is 14.4. The van der Waals surface area contributed by atoms with E-state index in [4.69, 9.17) is 19.1 Å². The van der Waals surface area contributed by atoms with Gasteiger partial charge in [0.15, 0.2) is 0 Å². The van der Waals surface area contributed by atoms with Crippen LogP contribution in [0.25, 0.3) is 0 Å². The third kappa shape index (κ3) is 5.33. The van der Waals surface area contributed by atoms with Gasteiger partial charge in [0.1, 0.15) is 0 Å². The molecule has 3 heterocycles. The predicted octanol–water partition coefficient (Wildman–Crippen LogP) is 2.39. The Hall–Kier alpha value is -2.33. The maximum Gasteiger partial charge on any atom is 0.490 e. The van der Waals surface area contributed by atoms with Crippen molar-refractivity contribution in [3.63, 3.8) is 0 Å². The van der Waals surface area contributed by atoms with Gasteiger partial charge in [-0.1, -0.05) is 0 Å². The number of aromatic nitrogens is 2. The molecule has 3 rings (SSSR count). The van der Waals surface area contributed by atoms with Gasteiger partial charge in [-0.2, -0.15) is 18.3 Å². The number of aryl methyl sites for hydroxylation is 1. The van der Waals surface area contributed by atoms with Crippen LogP contribution >= 0.6 is 0 Å². The summed E-state index contributed by atoms with van der Waals surface area (Å²) in [6, 6.07) is 2.01. The van der Waals surface area contributed by atoms with Gasteiger partial charge >= 0.3 is 12.1 Å². The van der Waals surface area contributed by atoms with Crippen molar-refractivity contribution < 1.29 is 32.2 Å². The number of methoxy groups -OCH3 is 1. The summed E-state index contributed by atoms with van der Waals surface area (Å²) in [6.45, 7) is 3.52. The molecule has 0 saturated heterocycles. The third-order valence-corrected chi connectivity index (χ3v) is 3.83. The van der Waals surface area contributed by atoms with E-state index in [0.29, 0.717) is 5.92 Å². The van der Waals surface area contributed by atoms with E-state index < -0.39 is 12.1 Å². The molecule has 0 fully saturated rings. The number of hydrogen-bond donors (Lipinski definition) is 1. The number of fused-ring (bicyclic) bond motifs is 1. The van der Waals surface area contributed by atoms with Crippen molar-refractivity contribution >= 4 is 5.97 Å². The minimum atomic E-state index is -5.08. The molecule has 26 heavy (non-hydrogen) atoms. The topological polar surface area (TPSA) is 80.7 Å². The maximum absolute atomic E-state index is 10.6. The van der Waals surface area contributed by atoms with Crippen molar-refractivity contribution in [3.8, 4) is 0 Å². The first-order valence-corrected chi connectivity index (χ1v) is 7.75. The Labute approximate surface area is 148 Å². The lowest BCUT2D eigenvalue weighted by Gasteiger charge is -2.31. The lowest BCUT2D eigenvalue weighted by molar-refractivity contribution is -0.192. The quantitative estimate of drug-likeness (QED) is 0.884. The van der Waals surface area contributed by atoms with Gasteiger partial charge < -0.3 is 14.3 Å². The van der Waals surface area contributed by atoms with Gasteiger partial charge in [-0.25, -0.2) is 4.79 Å². The van der Waals surface area contributed by atoms with Crippen LogP contribution in [0.15, 0.2) is 29.2 Å². The van der Waals surface area contributed by atoms with Crippen LogP contribution in [0.1, 0.15) is 22.7 Å². The zero-order chi connectivity index (χ0) is 19.3. The molecule has 0 amide bonds. The highest BCUT2D eigenvalue weighted by atomic mass is 19.4. The van der Waals surface area contributed by atoms with Crippen molar-refractivity contribution in [2.45, 2.75) is 25.2 Å². The fourth-order valence-electron chi connectivity index (χ4n) is 2.81. The lowest BCUT2D eigenvalue weighted by Crippen LogP contribution is -2.34. The smallest absolute Gasteiger partial charge is 0.475 e. The lowest BCUT2D eigenvalue weighted by atomic mass is 9.95. The van der Waals surface area contributed by atoms with Gasteiger partial charge in [-0.3, -0.25) is 9.58 Å². The van der Waals surface area contributed by atoms with Gasteiger partial charge in [0.25, 0.3) is 0 Å². The van der Waals surface area contributed by atoms with Crippen LogP contribution < -0.4 is 0 Å². The van der Waals surface area contributed by atoms with Crippen LogP contribution in [0.2, 0.25) is 0 Å². The summed E-state index contributed by atoms with van der Waals surface area (Å²) in [4.78, 5) is 11.3. The Morgan fingerprint density at radius 1 is 1.50 bits per heavy atom. The number of carbonyl (C=O) groups is 1. The number of carboxylic acids is 1. The Morgan fingerprint density at radius 2 is 2.19 bits per heavy atom. The first-order valence-electron chi connectivity index (χ1n) is 7.75. The van der Waals surface area contributed by atoms with E-state index in [-0.39, 0.29) is 0 Å². The average molecular weight is 375 g/mol. The van der Waals surface area contributed by atoms with Crippen molar-refractivity contribution in [2.24, 2.45) is 7.05 Å². The van der Waals surface area contributed by atoms with E-state index in [1.807, 2.05) is 17.8 Å².